The molecule has 4 heteroatoms. The number of anilines is 1. The molecule has 92 valence electrons. The largest absolute Gasteiger partial charge is 0.478 e. The molecular weight excluding hydrogens is 238 g/mol. The number of carbonyl (C=O) groups is 1. The van der Waals surface area contributed by atoms with Crippen molar-refractivity contribution in [3.63, 3.8) is 0 Å². The van der Waals surface area contributed by atoms with Gasteiger partial charge in [0.25, 0.3) is 0 Å². The zero-order valence-electron chi connectivity index (χ0n) is 9.98. The second kappa shape index (κ2) is 6.30. The molecule has 1 N–H and O–H groups in total. The summed E-state index contributed by atoms with van der Waals surface area (Å²) in [7, 11) is 0. The van der Waals surface area contributed by atoms with E-state index in [1.165, 1.54) is 6.08 Å². The molecule has 0 aliphatic carbocycles. The van der Waals surface area contributed by atoms with Crippen molar-refractivity contribution in [3.8, 4) is 0 Å². The summed E-state index contributed by atoms with van der Waals surface area (Å²) in [5.41, 5.74) is 1.76. The van der Waals surface area contributed by atoms with Crippen LogP contribution in [0.4, 0.5) is 5.69 Å². The van der Waals surface area contributed by atoms with Crippen molar-refractivity contribution in [1.82, 2.24) is 0 Å². The summed E-state index contributed by atoms with van der Waals surface area (Å²) >= 11 is 6.17. The van der Waals surface area contributed by atoms with Crippen LogP contribution in [0.1, 0.15) is 19.4 Å². The van der Waals surface area contributed by atoms with Gasteiger partial charge in [0.15, 0.2) is 0 Å². The lowest BCUT2D eigenvalue weighted by Crippen LogP contribution is -2.22. The first-order valence-corrected chi connectivity index (χ1v) is 5.91. The van der Waals surface area contributed by atoms with Gasteiger partial charge in [0.05, 0.1) is 10.7 Å². The number of rotatable bonds is 5. The Bertz CT molecular complexity index is 425. The summed E-state index contributed by atoms with van der Waals surface area (Å²) in [5.74, 6) is -0.964. The topological polar surface area (TPSA) is 40.5 Å². The monoisotopic (exact) mass is 253 g/mol. The smallest absolute Gasteiger partial charge is 0.328 e. The van der Waals surface area contributed by atoms with Gasteiger partial charge in [0.1, 0.15) is 0 Å². The van der Waals surface area contributed by atoms with E-state index >= 15 is 0 Å². The quantitative estimate of drug-likeness (QED) is 0.819. The van der Waals surface area contributed by atoms with Gasteiger partial charge in [-0.2, -0.15) is 0 Å². The maximum Gasteiger partial charge on any atom is 0.328 e. The fourth-order valence-corrected chi connectivity index (χ4v) is 1.92. The van der Waals surface area contributed by atoms with Gasteiger partial charge in [-0.25, -0.2) is 4.79 Å². The molecular formula is C13H16ClNO2. The molecule has 1 rings (SSSR count). The van der Waals surface area contributed by atoms with Crippen LogP contribution in [-0.2, 0) is 4.79 Å². The van der Waals surface area contributed by atoms with Crippen molar-refractivity contribution in [3.05, 3.63) is 34.9 Å². The van der Waals surface area contributed by atoms with Crippen LogP contribution in [0, 0.1) is 0 Å². The van der Waals surface area contributed by atoms with Gasteiger partial charge in [0.2, 0.25) is 0 Å². The molecule has 0 aliphatic heterocycles. The zero-order chi connectivity index (χ0) is 12.8. The standard InChI is InChI=1S/C13H16ClNO2/c1-3-15(4-2)12-7-5-10(9-11(12)14)6-8-13(16)17/h5-9H,3-4H2,1-2H3,(H,16,17)/b8-6+. The molecule has 0 amide bonds. The molecule has 1 aromatic rings. The van der Waals surface area contributed by atoms with E-state index in [-0.39, 0.29) is 0 Å². The molecule has 0 aliphatic rings. The van der Waals surface area contributed by atoms with Crippen molar-refractivity contribution in [1.29, 1.82) is 0 Å². The lowest BCUT2D eigenvalue weighted by molar-refractivity contribution is -0.131. The van der Waals surface area contributed by atoms with Crippen LogP contribution in [0.3, 0.4) is 0 Å². The fourth-order valence-electron chi connectivity index (χ4n) is 1.62. The van der Waals surface area contributed by atoms with Gasteiger partial charge in [-0.15, -0.1) is 0 Å². The first-order chi connectivity index (χ1) is 8.08. The Morgan fingerprint density at radius 2 is 2.06 bits per heavy atom. The number of carboxylic acid groups (broad SMARTS) is 1. The number of hydrogen-bond acceptors (Lipinski definition) is 2. The summed E-state index contributed by atoms with van der Waals surface area (Å²) in [4.78, 5) is 12.5. The second-order valence-electron chi connectivity index (χ2n) is 3.55. The van der Waals surface area contributed by atoms with Gasteiger partial charge in [-0.05, 0) is 37.6 Å². The van der Waals surface area contributed by atoms with E-state index in [0.29, 0.717) is 5.02 Å². The molecule has 0 fully saturated rings. The fraction of sp³-hybridized carbons (Fsp3) is 0.308. The minimum atomic E-state index is -0.964. The van der Waals surface area contributed by atoms with Crippen LogP contribution in [0.15, 0.2) is 24.3 Å². The molecule has 0 spiro atoms. The summed E-state index contributed by atoms with van der Waals surface area (Å²) in [5, 5.41) is 9.18. The number of halogens is 1. The van der Waals surface area contributed by atoms with E-state index in [4.69, 9.17) is 16.7 Å². The molecule has 0 saturated carbocycles. The highest BCUT2D eigenvalue weighted by molar-refractivity contribution is 6.33. The van der Waals surface area contributed by atoms with Gasteiger partial charge in [-0.1, -0.05) is 17.7 Å². The third kappa shape index (κ3) is 3.79. The van der Waals surface area contributed by atoms with Gasteiger partial charge >= 0.3 is 5.97 Å². The Kier molecular flexibility index (Phi) is 5.04. The lowest BCUT2D eigenvalue weighted by Gasteiger charge is -2.22. The molecule has 3 nitrogen and oxygen atoms in total. The number of benzene rings is 1. The molecule has 0 unspecified atom stereocenters. The second-order valence-corrected chi connectivity index (χ2v) is 3.96. The predicted molar refractivity (Wildman–Crippen MR) is 71.7 cm³/mol. The Hall–Kier alpha value is -1.48. The van der Waals surface area contributed by atoms with Crippen LogP contribution in [0.5, 0.6) is 0 Å². The summed E-state index contributed by atoms with van der Waals surface area (Å²) in [6, 6.07) is 5.55. The molecule has 0 atom stereocenters. The number of nitrogens with zero attached hydrogens (tertiary/aromatic N) is 1. The normalized spacial score (nSPS) is 10.8. The van der Waals surface area contributed by atoms with Crippen LogP contribution in [0.2, 0.25) is 5.02 Å². The Balaban J connectivity index is 2.97. The maximum absolute atomic E-state index is 10.4. The highest BCUT2D eigenvalue weighted by atomic mass is 35.5. The maximum atomic E-state index is 10.4. The molecule has 0 saturated heterocycles. The van der Waals surface area contributed by atoms with Crippen LogP contribution in [0.25, 0.3) is 6.08 Å². The minimum absolute atomic E-state index is 0.640. The van der Waals surface area contributed by atoms with E-state index in [1.54, 1.807) is 6.07 Å². The number of carboxylic acids is 1. The summed E-state index contributed by atoms with van der Waals surface area (Å²) < 4.78 is 0. The minimum Gasteiger partial charge on any atom is -0.478 e. The molecule has 1 aromatic carbocycles. The number of aliphatic carboxylic acids is 1. The molecule has 0 heterocycles. The van der Waals surface area contributed by atoms with Crippen LogP contribution >= 0.6 is 11.6 Å². The van der Waals surface area contributed by atoms with Gasteiger partial charge < -0.3 is 10.0 Å². The van der Waals surface area contributed by atoms with Crippen molar-refractivity contribution < 1.29 is 9.90 Å². The van der Waals surface area contributed by atoms with Crippen LogP contribution in [-0.4, -0.2) is 24.2 Å². The lowest BCUT2D eigenvalue weighted by atomic mass is 10.1. The van der Waals surface area contributed by atoms with Gasteiger partial charge in [-0.3, -0.25) is 0 Å². The highest BCUT2D eigenvalue weighted by Crippen LogP contribution is 2.27. The van der Waals surface area contributed by atoms with Crippen molar-refractivity contribution in [2.24, 2.45) is 0 Å². The van der Waals surface area contributed by atoms with E-state index < -0.39 is 5.97 Å². The molecule has 0 aromatic heterocycles. The number of hydrogen-bond donors (Lipinski definition) is 1. The van der Waals surface area contributed by atoms with E-state index in [0.717, 1.165) is 30.4 Å². The van der Waals surface area contributed by atoms with Crippen molar-refractivity contribution in [2.75, 3.05) is 18.0 Å². The Morgan fingerprint density at radius 3 is 2.53 bits per heavy atom. The Morgan fingerprint density at radius 1 is 1.41 bits per heavy atom. The first kappa shape index (κ1) is 13.6. The van der Waals surface area contributed by atoms with Crippen molar-refractivity contribution >= 4 is 29.3 Å². The third-order valence-electron chi connectivity index (χ3n) is 2.49. The van der Waals surface area contributed by atoms with Crippen LogP contribution < -0.4 is 4.90 Å². The van der Waals surface area contributed by atoms with E-state index in [2.05, 4.69) is 18.7 Å². The molecule has 17 heavy (non-hydrogen) atoms. The average Bonchev–Trinajstić information content (AvgIpc) is 2.30. The summed E-state index contributed by atoms with van der Waals surface area (Å²) in [6.07, 6.45) is 2.63. The SMILES string of the molecule is CCN(CC)c1ccc(/C=C/C(=O)O)cc1Cl. The van der Waals surface area contributed by atoms with Crippen molar-refractivity contribution in [2.45, 2.75) is 13.8 Å². The summed E-state index contributed by atoms with van der Waals surface area (Å²) in [6.45, 7) is 5.91. The average molecular weight is 254 g/mol. The predicted octanol–water partition coefficient (Wildman–Crippen LogP) is 3.28. The zero-order valence-corrected chi connectivity index (χ0v) is 10.7. The van der Waals surface area contributed by atoms with E-state index in [1.807, 2.05) is 12.1 Å². The third-order valence-corrected chi connectivity index (χ3v) is 2.80. The first-order valence-electron chi connectivity index (χ1n) is 5.54. The molecule has 0 bridgehead atoms. The van der Waals surface area contributed by atoms with Gasteiger partial charge in [0, 0.05) is 19.2 Å². The highest BCUT2D eigenvalue weighted by Gasteiger charge is 2.06. The Labute approximate surface area is 106 Å². The molecule has 0 radical (unpaired) electrons. The van der Waals surface area contributed by atoms with E-state index in [9.17, 15) is 4.79 Å².